The molecule has 0 unspecified atom stereocenters. The number of amides is 1. The lowest BCUT2D eigenvalue weighted by molar-refractivity contribution is -0.144. The van der Waals surface area contributed by atoms with Crippen molar-refractivity contribution in [2.75, 3.05) is 12.4 Å². The number of hydrogen-bond acceptors (Lipinski definition) is 6. The number of carboxylic acid groups (broad SMARTS) is 1. The van der Waals surface area contributed by atoms with Gasteiger partial charge in [0.2, 0.25) is 5.91 Å². The predicted molar refractivity (Wildman–Crippen MR) is 88.5 cm³/mol. The molecule has 0 aliphatic rings. The molecule has 1 rings (SSSR count). The molecule has 0 aliphatic heterocycles. The monoisotopic (exact) mass is 371 g/mol. The minimum atomic E-state index is -3.65. The lowest BCUT2D eigenvalue weighted by Gasteiger charge is -2.14. The summed E-state index contributed by atoms with van der Waals surface area (Å²) < 4.78 is 29.0. The van der Waals surface area contributed by atoms with Crippen molar-refractivity contribution < 1.29 is 32.6 Å². The van der Waals surface area contributed by atoms with Crippen LogP contribution in [0.1, 0.15) is 26.2 Å². The van der Waals surface area contributed by atoms with Gasteiger partial charge in [-0.2, -0.15) is 0 Å². The number of esters is 1. The summed E-state index contributed by atoms with van der Waals surface area (Å²) >= 11 is 0. The average molecular weight is 371 g/mol. The van der Waals surface area contributed by atoms with Gasteiger partial charge >= 0.3 is 11.9 Å². The van der Waals surface area contributed by atoms with Gasteiger partial charge in [-0.3, -0.25) is 9.59 Å². The van der Waals surface area contributed by atoms with Crippen molar-refractivity contribution in [3.8, 4) is 0 Å². The van der Waals surface area contributed by atoms with E-state index in [-0.39, 0.29) is 30.8 Å². The van der Waals surface area contributed by atoms with Gasteiger partial charge in [0, 0.05) is 6.42 Å². The molecule has 9 heteroatoms. The van der Waals surface area contributed by atoms with E-state index in [1.807, 2.05) is 0 Å². The van der Waals surface area contributed by atoms with E-state index in [1.165, 1.54) is 12.1 Å². The second-order valence-electron chi connectivity index (χ2n) is 5.18. The Labute approximate surface area is 146 Å². The fourth-order valence-corrected chi connectivity index (χ4v) is 3.34. The summed E-state index contributed by atoms with van der Waals surface area (Å²) in [7, 11) is -3.65. The Balaban J connectivity index is 2.59. The Morgan fingerprint density at radius 3 is 2.36 bits per heavy atom. The van der Waals surface area contributed by atoms with E-state index in [1.54, 1.807) is 25.1 Å². The van der Waals surface area contributed by atoms with Crippen LogP contribution in [0.25, 0.3) is 0 Å². The van der Waals surface area contributed by atoms with E-state index < -0.39 is 39.5 Å². The number of ether oxygens (including phenoxy) is 1. The highest BCUT2D eigenvalue weighted by Crippen LogP contribution is 2.12. The Bertz CT molecular complexity index is 700. The normalized spacial score (nSPS) is 12.2. The van der Waals surface area contributed by atoms with Crippen molar-refractivity contribution in [3.63, 3.8) is 0 Å². The van der Waals surface area contributed by atoms with Crippen LogP contribution >= 0.6 is 0 Å². The lowest BCUT2D eigenvalue weighted by Crippen LogP contribution is -2.42. The molecular weight excluding hydrogens is 350 g/mol. The second kappa shape index (κ2) is 9.77. The quantitative estimate of drug-likeness (QED) is 0.581. The zero-order valence-corrected chi connectivity index (χ0v) is 14.6. The zero-order chi connectivity index (χ0) is 18.9. The molecular formula is C16H21NO7S. The van der Waals surface area contributed by atoms with Crippen LogP contribution in [0.4, 0.5) is 0 Å². The zero-order valence-electron chi connectivity index (χ0n) is 13.8. The van der Waals surface area contributed by atoms with Gasteiger partial charge in [-0.1, -0.05) is 18.2 Å². The molecule has 1 atom stereocenters. The van der Waals surface area contributed by atoms with E-state index in [4.69, 9.17) is 5.11 Å². The number of carbonyl (C=O) groups excluding carboxylic acids is 2. The second-order valence-corrected chi connectivity index (χ2v) is 7.29. The van der Waals surface area contributed by atoms with Crippen molar-refractivity contribution >= 4 is 27.7 Å². The number of carbonyl (C=O) groups is 3. The van der Waals surface area contributed by atoms with Crippen LogP contribution in [0.5, 0.6) is 0 Å². The van der Waals surface area contributed by atoms with Crippen molar-refractivity contribution in [3.05, 3.63) is 30.3 Å². The van der Waals surface area contributed by atoms with Gasteiger partial charge in [0.1, 0.15) is 6.04 Å². The lowest BCUT2D eigenvalue weighted by atomic mass is 10.2. The molecule has 0 heterocycles. The van der Waals surface area contributed by atoms with E-state index in [2.05, 4.69) is 10.1 Å². The van der Waals surface area contributed by atoms with Gasteiger partial charge < -0.3 is 15.2 Å². The fraction of sp³-hybridized carbons (Fsp3) is 0.438. The molecule has 1 aromatic carbocycles. The Hall–Kier alpha value is -2.42. The highest BCUT2D eigenvalue weighted by atomic mass is 32.2. The number of sulfone groups is 1. The molecule has 8 nitrogen and oxygen atoms in total. The van der Waals surface area contributed by atoms with Crippen LogP contribution in [0, 0.1) is 0 Å². The van der Waals surface area contributed by atoms with E-state index in [0.29, 0.717) is 0 Å². The minimum Gasteiger partial charge on any atom is -0.480 e. The van der Waals surface area contributed by atoms with Gasteiger partial charge in [0.05, 0.1) is 23.7 Å². The Kier molecular flexibility index (Phi) is 8.06. The van der Waals surface area contributed by atoms with E-state index >= 15 is 0 Å². The molecule has 0 spiro atoms. The van der Waals surface area contributed by atoms with Gasteiger partial charge in [-0.25, -0.2) is 13.2 Å². The van der Waals surface area contributed by atoms with Crippen LogP contribution in [0.2, 0.25) is 0 Å². The van der Waals surface area contributed by atoms with Gasteiger partial charge in [0.25, 0.3) is 0 Å². The first-order valence-corrected chi connectivity index (χ1v) is 9.37. The Morgan fingerprint density at radius 2 is 1.80 bits per heavy atom. The Morgan fingerprint density at radius 1 is 1.16 bits per heavy atom. The highest BCUT2D eigenvalue weighted by Gasteiger charge is 2.24. The predicted octanol–water partition coefficient (Wildman–Crippen LogP) is 0.763. The minimum absolute atomic E-state index is 0.0905. The molecule has 1 aromatic rings. The van der Waals surface area contributed by atoms with Gasteiger partial charge in [0.15, 0.2) is 9.84 Å². The number of aliphatic carboxylic acids is 1. The molecule has 0 saturated carbocycles. The van der Waals surface area contributed by atoms with Crippen molar-refractivity contribution in [2.45, 2.75) is 37.1 Å². The van der Waals surface area contributed by atoms with Crippen molar-refractivity contribution in [1.82, 2.24) is 5.32 Å². The molecule has 0 fully saturated rings. The number of rotatable bonds is 10. The first kappa shape index (κ1) is 20.6. The maximum atomic E-state index is 12.2. The topological polar surface area (TPSA) is 127 Å². The van der Waals surface area contributed by atoms with Crippen molar-refractivity contribution in [1.29, 1.82) is 0 Å². The SMILES string of the molecule is CCOC(=O)CCC(=O)N[C@H](CCS(=O)(=O)c1ccccc1)C(=O)O. The summed E-state index contributed by atoms with van der Waals surface area (Å²) in [4.78, 5) is 34.2. The van der Waals surface area contributed by atoms with E-state index in [0.717, 1.165) is 0 Å². The van der Waals surface area contributed by atoms with Crippen molar-refractivity contribution in [2.24, 2.45) is 0 Å². The molecule has 25 heavy (non-hydrogen) atoms. The highest BCUT2D eigenvalue weighted by molar-refractivity contribution is 7.91. The third kappa shape index (κ3) is 7.34. The first-order chi connectivity index (χ1) is 11.8. The number of carboxylic acids is 1. The summed E-state index contributed by atoms with van der Waals surface area (Å²) in [6.45, 7) is 1.82. The maximum Gasteiger partial charge on any atom is 0.326 e. The van der Waals surface area contributed by atoms with Crippen LogP contribution in [-0.4, -0.2) is 49.8 Å². The molecule has 0 aliphatic carbocycles. The standard InChI is InChI=1S/C16H21NO7S/c1-2-24-15(19)9-8-14(18)17-13(16(20)21)10-11-25(22,23)12-6-4-3-5-7-12/h3-7,13H,2,8-11H2,1H3,(H,17,18)(H,20,21)/t13-/m1/s1. The van der Waals surface area contributed by atoms with E-state index in [9.17, 15) is 22.8 Å². The smallest absolute Gasteiger partial charge is 0.326 e. The molecule has 2 N–H and O–H groups in total. The van der Waals surface area contributed by atoms with Gasteiger partial charge in [-0.15, -0.1) is 0 Å². The molecule has 0 bridgehead atoms. The maximum absolute atomic E-state index is 12.2. The van der Waals surface area contributed by atoms with Crippen LogP contribution in [0.15, 0.2) is 35.2 Å². The summed E-state index contributed by atoms with van der Waals surface area (Å²) in [6, 6.07) is 6.29. The summed E-state index contributed by atoms with van der Waals surface area (Å²) in [5, 5.41) is 11.4. The average Bonchev–Trinajstić information content (AvgIpc) is 2.57. The number of hydrogen-bond donors (Lipinski definition) is 2. The summed E-state index contributed by atoms with van der Waals surface area (Å²) in [5.41, 5.74) is 0. The largest absolute Gasteiger partial charge is 0.480 e. The number of nitrogens with one attached hydrogen (secondary N) is 1. The molecule has 1 amide bonds. The molecule has 0 aromatic heterocycles. The first-order valence-electron chi connectivity index (χ1n) is 7.72. The molecule has 138 valence electrons. The molecule has 0 saturated heterocycles. The van der Waals surface area contributed by atoms with Crippen LogP contribution < -0.4 is 5.32 Å². The van der Waals surface area contributed by atoms with Crippen LogP contribution in [-0.2, 0) is 29.0 Å². The third-order valence-electron chi connectivity index (χ3n) is 3.27. The number of benzene rings is 1. The summed E-state index contributed by atoms with van der Waals surface area (Å²) in [5.74, 6) is -2.98. The van der Waals surface area contributed by atoms with Crippen LogP contribution in [0.3, 0.4) is 0 Å². The fourth-order valence-electron chi connectivity index (χ4n) is 1.99. The summed E-state index contributed by atoms with van der Waals surface area (Å²) in [6.07, 6.45) is -0.680. The third-order valence-corrected chi connectivity index (χ3v) is 5.04. The molecule has 0 radical (unpaired) electrons. The van der Waals surface area contributed by atoms with Gasteiger partial charge in [-0.05, 0) is 25.5 Å².